The maximum Gasteiger partial charge on any atom is 0.0299 e. The van der Waals surface area contributed by atoms with Crippen molar-refractivity contribution in [3.8, 4) is 0 Å². The van der Waals surface area contributed by atoms with Crippen LogP contribution in [0.15, 0.2) is 12.1 Å². The highest BCUT2D eigenvalue weighted by Crippen LogP contribution is 2.16. The van der Waals surface area contributed by atoms with Gasteiger partial charge in [-0.2, -0.15) is 0 Å². The monoisotopic (exact) mass is 226 g/mol. The van der Waals surface area contributed by atoms with Gasteiger partial charge in [0.1, 0.15) is 0 Å². The lowest BCUT2D eigenvalue weighted by atomic mass is 10.0. The standard InChI is InChI=1S/C12H22N2S/c1-4-10-5-6-11(15-10)9-14-8-7-12(2,3)13/h5-6,14H,4,7-9,13H2,1-3H3. The summed E-state index contributed by atoms with van der Waals surface area (Å²) in [7, 11) is 0. The minimum absolute atomic E-state index is 0.0585. The fourth-order valence-corrected chi connectivity index (χ4v) is 2.26. The van der Waals surface area contributed by atoms with E-state index in [4.69, 9.17) is 5.73 Å². The Bertz CT molecular complexity index is 286. The van der Waals surface area contributed by atoms with Crippen LogP contribution in [-0.2, 0) is 13.0 Å². The van der Waals surface area contributed by atoms with Gasteiger partial charge in [-0.1, -0.05) is 6.92 Å². The topological polar surface area (TPSA) is 38.0 Å². The second-order valence-electron chi connectivity index (χ2n) is 4.64. The van der Waals surface area contributed by atoms with Gasteiger partial charge in [0.05, 0.1) is 0 Å². The van der Waals surface area contributed by atoms with E-state index < -0.39 is 0 Å². The lowest BCUT2D eigenvalue weighted by Gasteiger charge is -2.18. The summed E-state index contributed by atoms with van der Waals surface area (Å²) >= 11 is 1.90. The summed E-state index contributed by atoms with van der Waals surface area (Å²) in [6.45, 7) is 8.29. The molecule has 0 fully saturated rings. The number of aryl methyl sites for hydroxylation is 1. The smallest absolute Gasteiger partial charge is 0.0299 e. The fourth-order valence-electron chi connectivity index (χ4n) is 1.33. The SMILES string of the molecule is CCc1ccc(CNCCC(C)(C)N)s1. The van der Waals surface area contributed by atoms with Gasteiger partial charge >= 0.3 is 0 Å². The Hall–Kier alpha value is -0.380. The van der Waals surface area contributed by atoms with Gasteiger partial charge in [0.25, 0.3) is 0 Å². The molecule has 0 aliphatic carbocycles. The van der Waals surface area contributed by atoms with E-state index in [1.165, 1.54) is 9.75 Å². The molecule has 1 rings (SSSR count). The van der Waals surface area contributed by atoms with Crippen molar-refractivity contribution >= 4 is 11.3 Å². The number of nitrogens with two attached hydrogens (primary N) is 1. The first-order valence-corrected chi connectivity index (χ1v) is 6.40. The molecule has 3 heteroatoms. The molecule has 0 bridgehead atoms. The van der Waals surface area contributed by atoms with Crippen molar-refractivity contribution in [1.29, 1.82) is 0 Å². The molecule has 86 valence electrons. The molecule has 0 saturated heterocycles. The number of thiophene rings is 1. The first kappa shape index (κ1) is 12.7. The second kappa shape index (κ2) is 5.64. The van der Waals surface area contributed by atoms with Crippen molar-refractivity contribution in [3.63, 3.8) is 0 Å². The molecule has 0 atom stereocenters. The predicted molar refractivity (Wildman–Crippen MR) is 68.3 cm³/mol. The van der Waals surface area contributed by atoms with Crippen LogP contribution in [0.3, 0.4) is 0 Å². The summed E-state index contributed by atoms with van der Waals surface area (Å²) < 4.78 is 0. The van der Waals surface area contributed by atoms with Crippen molar-refractivity contribution in [2.24, 2.45) is 5.73 Å². The number of hydrogen-bond donors (Lipinski definition) is 2. The first-order valence-electron chi connectivity index (χ1n) is 5.58. The molecular weight excluding hydrogens is 204 g/mol. The first-order chi connectivity index (χ1) is 7.01. The molecule has 1 heterocycles. The van der Waals surface area contributed by atoms with E-state index in [1.807, 2.05) is 11.3 Å². The molecule has 1 aromatic heterocycles. The molecule has 1 aromatic rings. The molecule has 15 heavy (non-hydrogen) atoms. The largest absolute Gasteiger partial charge is 0.326 e. The van der Waals surface area contributed by atoms with Gasteiger partial charge in [0.2, 0.25) is 0 Å². The van der Waals surface area contributed by atoms with E-state index in [-0.39, 0.29) is 5.54 Å². The van der Waals surface area contributed by atoms with Crippen LogP contribution in [0.4, 0.5) is 0 Å². The molecule has 0 aliphatic rings. The Morgan fingerprint density at radius 1 is 1.33 bits per heavy atom. The average Bonchev–Trinajstić information content (AvgIpc) is 2.59. The Kier molecular flexibility index (Phi) is 4.77. The molecule has 0 unspecified atom stereocenters. The quantitative estimate of drug-likeness (QED) is 0.732. The normalized spacial score (nSPS) is 12.0. The third-order valence-electron chi connectivity index (χ3n) is 2.31. The van der Waals surface area contributed by atoms with Crippen LogP contribution in [0.1, 0.15) is 36.9 Å². The van der Waals surface area contributed by atoms with E-state index in [1.54, 1.807) is 0 Å². The van der Waals surface area contributed by atoms with Crippen molar-refractivity contribution in [3.05, 3.63) is 21.9 Å². The summed E-state index contributed by atoms with van der Waals surface area (Å²) in [6.07, 6.45) is 2.15. The number of hydrogen-bond acceptors (Lipinski definition) is 3. The van der Waals surface area contributed by atoms with Crippen LogP contribution in [-0.4, -0.2) is 12.1 Å². The highest BCUT2D eigenvalue weighted by atomic mass is 32.1. The maximum atomic E-state index is 5.90. The van der Waals surface area contributed by atoms with Crippen LogP contribution >= 0.6 is 11.3 Å². The highest BCUT2D eigenvalue weighted by molar-refractivity contribution is 7.11. The zero-order valence-corrected chi connectivity index (χ0v) is 10.8. The Morgan fingerprint density at radius 2 is 2.00 bits per heavy atom. The van der Waals surface area contributed by atoms with Crippen molar-refractivity contribution in [2.75, 3.05) is 6.54 Å². The second-order valence-corrected chi connectivity index (χ2v) is 5.89. The zero-order valence-electron chi connectivity index (χ0n) is 9.97. The zero-order chi connectivity index (χ0) is 11.3. The van der Waals surface area contributed by atoms with Gasteiger partial charge in [-0.15, -0.1) is 11.3 Å². The highest BCUT2D eigenvalue weighted by Gasteiger charge is 2.09. The molecular formula is C12H22N2S. The molecule has 0 spiro atoms. The summed E-state index contributed by atoms with van der Waals surface area (Å²) in [4.78, 5) is 2.88. The van der Waals surface area contributed by atoms with Crippen LogP contribution in [0.5, 0.6) is 0 Å². The van der Waals surface area contributed by atoms with E-state index in [0.717, 1.165) is 25.9 Å². The van der Waals surface area contributed by atoms with Crippen molar-refractivity contribution in [2.45, 2.75) is 45.7 Å². The molecule has 3 N–H and O–H groups in total. The summed E-state index contributed by atoms with van der Waals surface area (Å²) in [5, 5.41) is 3.43. The predicted octanol–water partition coefficient (Wildman–Crippen LogP) is 2.53. The van der Waals surface area contributed by atoms with Gasteiger partial charge < -0.3 is 11.1 Å². The van der Waals surface area contributed by atoms with Crippen LogP contribution in [0, 0.1) is 0 Å². The summed E-state index contributed by atoms with van der Waals surface area (Å²) in [6, 6.07) is 4.43. The van der Waals surface area contributed by atoms with E-state index in [9.17, 15) is 0 Å². The van der Waals surface area contributed by atoms with Gasteiger partial charge in [-0.25, -0.2) is 0 Å². The average molecular weight is 226 g/mol. The molecule has 0 aliphatic heterocycles. The third-order valence-corrected chi connectivity index (χ3v) is 3.54. The Labute approximate surface area is 96.9 Å². The molecule has 0 saturated carbocycles. The molecule has 0 radical (unpaired) electrons. The molecule has 2 nitrogen and oxygen atoms in total. The van der Waals surface area contributed by atoms with Gasteiger partial charge in [-0.3, -0.25) is 0 Å². The fraction of sp³-hybridized carbons (Fsp3) is 0.667. The van der Waals surface area contributed by atoms with Gasteiger partial charge in [0.15, 0.2) is 0 Å². The molecule has 0 aromatic carbocycles. The lowest BCUT2D eigenvalue weighted by molar-refractivity contribution is 0.455. The minimum atomic E-state index is -0.0585. The van der Waals surface area contributed by atoms with Crippen molar-refractivity contribution < 1.29 is 0 Å². The number of rotatable bonds is 6. The Balaban J connectivity index is 2.20. The Morgan fingerprint density at radius 3 is 2.53 bits per heavy atom. The summed E-state index contributed by atoms with van der Waals surface area (Å²) in [5.74, 6) is 0. The minimum Gasteiger partial charge on any atom is -0.326 e. The van der Waals surface area contributed by atoms with E-state index in [0.29, 0.717) is 0 Å². The van der Waals surface area contributed by atoms with Crippen LogP contribution in [0.25, 0.3) is 0 Å². The molecule has 0 amide bonds. The van der Waals surface area contributed by atoms with Gasteiger partial charge in [0, 0.05) is 21.8 Å². The van der Waals surface area contributed by atoms with Crippen molar-refractivity contribution in [1.82, 2.24) is 5.32 Å². The summed E-state index contributed by atoms with van der Waals surface area (Å²) in [5.41, 5.74) is 5.84. The number of nitrogens with one attached hydrogen (secondary N) is 1. The van der Waals surface area contributed by atoms with Crippen LogP contribution < -0.4 is 11.1 Å². The van der Waals surface area contributed by atoms with Crippen LogP contribution in [0.2, 0.25) is 0 Å². The van der Waals surface area contributed by atoms with E-state index in [2.05, 4.69) is 38.2 Å². The lowest BCUT2D eigenvalue weighted by Crippen LogP contribution is -2.35. The van der Waals surface area contributed by atoms with E-state index >= 15 is 0 Å². The third kappa shape index (κ3) is 5.30. The van der Waals surface area contributed by atoms with Gasteiger partial charge in [-0.05, 0) is 45.4 Å². The maximum absolute atomic E-state index is 5.90.